The van der Waals surface area contributed by atoms with Gasteiger partial charge in [0.05, 0.1) is 12.8 Å². The SMILES string of the molecule is CS(=O)(=O)O.Cc1ccc(COC(=O)N2CC[C@@H](CNc3ccncc3)C(F)(F)C2)cc1. The number of rotatable bonds is 5. The van der Waals surface area contributed by atoms with Crippen LogP contribution < -0.4 is 5.32 Å². The maximum absolute atomic E-state index is 14.5. The molecular formula is C21H27F2N3O5S. The number of amides is 1. The van der Waals surface area contributed by atoms with E-state index in [2.05, 4.69) is 10.3 Å². The van der Waals surface area contributed by atoms with Gasteiger partial charge in [0.15, 0.2) is 0 Å². The van der Waals surface area contributed by atoms with Crippen molar-refractivity contribution >= 4 is 21.9 Å². The predicted octanol–water partition coefficient (Wildman–Crippen LogP) is 3.60. The highest BCUT2D eigenvalue weighted by molar-refractivity contribution is 7.85. The molecule has 1 aromatic carbocycles. The monoisotopic (exact) mass is 471 g/mol. The molecule has 176 valence electrons. The minimum Gasteiger partial charge on any atom is -0.445 e. The maximum atomic E-state index is 14.5. The number of carbonyl (C=O) groups is 1. The zero-order valence-corrected chi connectivity index (χ0v) is 18.7. The highest BCUT2D eigenvalue weighted by Crippen LogP contribution is 2.33. The lowest BCUT2D eigenvalue weighted by molar-refractivity contribution is -0.101. The van der Waals surface area contributed by atoms with Gasteiger partial charge in [-0.3, -0.25) is 9.54 Å². The smallest absolute Gasteiger partial charge is 0.410 e. The summed E-state index contributed by atoms with van der Waals surface area (Å²) in [5, 5.41) is 3.01. The van der Waals surface area contributed by atoms with Crippen LogP contribution in [0.3, 0.4) is 0 Å². The average molecular weight is 472 g/mol. The van der Waals surface area contributed by atoms with Crippen LogP contribution in [0.2, 0.25) is 0 Å². The number of pyridine rings is 1. The normalized spacial score (nSPS) is 17.7. The summed E-state index contributed by atoms with van der Waals surface area (Å²) in [6, 6.07) is 11.0. The van der Waals surface area contributed by atoms with E-state index in [-0.39, 0.29) is 26.1 Å². The number of nitrogens with one attached hydrogen (secondary N) is 1. The summed E-state index contributed by atoms with van der Waals surface area (Å²) in [7, 11) is -3.67. The van der Waals surface area contributed by atoms with E-state index in [1.807, 2.05) is 31.2 Å². The van der Waals surface area contributed by atoms with Crippen LogP contribution in [0.25, 0.3) is 0 Å². The lowest BCUT2D eigenvalue weighted by Gasteiger charge is -2.37. The predicted molar refractivity (Wildman–Crippen MR) is 116 cm³/mol. The molecule has 0 bridgehead atoms. The van der Waals surface area contributed by atoms with Crippen LogP contribution in [0.15, 0.2) is 48.8 Å². The lowest BCUT2D eigenvalue weighted by atomic mass is 9.93. The Morgan fingerprint density at radius 3 is 2.41 bits per heavy atom. The number of carbonyl (C=O) groups excluding carboxylic acids is 1. The van der Waals surface area contributed by atoms with E-state index in [1.54, 1.807) is 24.5 Å². The standard InChI is InChI=1S/C20H23F2N3O2.CH4O3S/c1-15-2-4-16(5-3-15)13-27-19(26)25-11-8-17(20(21,22)14-25)12-24-18-6-9-23-10-7-18;1-5(2,3)4/h2-7,9-10,17H,8,11-14H2,1H3,(H,23,24);1H3,(H,2,3,4)/t17-;/m0./s1. The number of nitrogens with zero attached hydrogens (tertiary/aromatic N) is 2. The van der Waals surface area contributed by atoms with Crippen molar-refractivity contribution in [2.45, 2.75) is 25.9 Å². The first-order valence-corrected chi connectivity index (χ1v) is 11.7. The molecule has 1 aliphatic rings. The van der Waals surface area contributed by atoms with Gasteiger partial charge in [-0.05, 0) is 31.0 Å². The molecule has 3 rings (SSSR count). The number of alkyl halides is 2. The number of piperidine rings is 1. The molecule has 1 fully saturated rings. The van der Waals surface area contributed by atoms with Crippen molar-refractivity contribution < 1.29 is 31.3 Å². The number of ether oxygens (including phenoxy) is 1. The zero-order chi connectivity index (χ0) is 23.8. The highest BCUT2D eigenvalue weighted by Gasteiger charge is 2.46. The molecule has 1 aliphatic heterocycles. The molecule has 0 unspecified atom stereocenters. The van der Waals surface area contributed by atoms with Gasteiger partial charge in [-0.2, -0.15) is 8.42 Å². The van der Waals surface area contributed by atoms with E-state index in [4.69, 9.17) is 9.29 Å². The molecule has 1 atom stereocenters. The van der Waals surface area contributed by atoms with Crippen molar-refractivity contribution in [2.24, 2.45) is 5.92 Å². The summed E-state index contributed by atoms with van der Waals surface area (Å²) < 4.78 is 60.0. The van der Waals surface area contributed by atoms with Gasteiger partial charge in [-0.1, -0.05) is 29.8 Å². The van der Waals surface area contributed by atoms with E-state index in [0.29, 0.717) is 6.26 Å². The minimum atomic E-state index is -3.67. The third kappa shape index (κ3) is 9.15. The van der Waals surface area contributed by atoms with Gasteiger partial charge in [0.1, 0.15) is 6.61 Å². The van der Waals surface area contributed by atoms with Gasteiger partial charge in [-0.15, -0.1) is 0 Å². The highest BCUT2D eigenvalue weighted by atomic mass is 32.2. The fourth-order valence-corrected chi connectivity index (χ4v) is 3.02. The van der Waals surface area contributed by atoms with E-state index in [1.165, 1.54) is 0 Å². The van der Waals surface area contributed by atoms with Crippen LogP contribution >= 0.6 is 0 Å². The molecule has 1 amide bonds. The quantitative estimate of drug-likeness (QED) is 0.642. The van der Waals surface area contributed by atoms with Crippen LogP contribution in [0.5, 0.6) is 0 Å². The summed E-state index contributed by atoms with van der Waals surface area (Å²) in [6.07, 6.45) is 3.44. The lowest BCUT2D eigenvalue weighted by Crippen LogP contribution is -2.52. The Balaban J connectivity index is 0.000000654. The number of aromatic nitrogens is 1. The summed E-state index contributed by atoms with van der Waals surface area (Å²) >= 11 is 0. The third-order valence-electron chi connectivity index (χ3n) is 4.72. The molecule has 0 aliphatic carbocycles. The molecule has 0 spiro atoms. The Morgan fingerprint density at radius 1 is 1.25 bits per heavy atom. The van der Waals surface area contributed by atoms with Gasteiger partial charge in [-0.25, -0.2) is 13.6 Å². The first-order chi connectivity index (χ1) is 14.9. The van der Waals surface area contributed by atoms with Crippen molar-refractivity contribution in [2.75, 3.05) is 31.2 Å². The van der Waals surface area contributed by atoms with Gasteiger partial charge in [0.2, 0.25) is 0 Å². The van der Waals surface area contributed by atoms with E-state index < -0.39 is 34.6 Å². The second kappa shape index (κ2) is 11.2. The molecule has 1 aromatic heterocycles. The minimum absolute atomic E-state index is 0.0776. The van der Waals surface area contributed by atoms with Gasteiger partial charge >= 0.3 is 6.09 Å². The van der Waals surface area contributed by atoms with Crippen molar-refractivity contribution in [3.05, 3.63) is 59.9 Å². The molecule has 11 heteroatoms. The van der Waals surface area contributed by atoms with Crippen LogP contribution in [0.4, 0.5) is 19.3 Å². The van der Waals surface area contributed by atoms with E-state index >= 15 is 0 Å². The summed E-state index contributed by atoms with van der Waals surface area (Å²) in [4.78, 5) is 17.1. The Labute approximate surface area is 186 Å². The van der Waals surface area contributed by atoms with Crippen molar-refractivity contribution in [3.63, 3.8) is 0 Å². The van der Waals surface area contributed by atoms with Crippen LogP contribution in [0.1, 0.15) is 17.5 Å². The van der Waals surface area contributed by atoms with Gasteiger partial charge in [0, 0.05) is 37.1 Å². The van der Waals surface area contributed by atoms with Crippen LogP contribution in [-0.4, -0.2) is 60.8 Å². The molecule has 2 N–H and O–H groups in total. The molecule has 0 radical (unpaired) electrons. The topological polar surface area (TPSA) is 109 Å². The number of likely N-dealkylation sites (tertiary alicyclic amines) is 1. The fourth-order valence-electron chi connectivity index (χ4n) is 3.02. The molecular weight excluding hydrogens is 444 g/mol. The molecule has 32 heavy (non-hydrogen) atoms. The number of hydrogen-bond donors (Lipinski definition) is 2. The number of aryl methyl sites for hydroxylation is 1. The largest absolute Gasteiger partial charge is 0.445 e. The van der Waals surface area contributed by atoms with Gasteiger partial charge in [0.25, 0.3) is 16.0 Å². The van der Waals surface area contributed by atoms with Crippen molar-refractivity contribution in [1.82, 2.24) is 9.88 Å². The van der Waals surface area contributed by atoms with E-state index in [0.717, 1.165) is 21.7 Å². The number of halogens is 2. The third-order valence-corrected chi connectivity index (χ3v) is 4.72. The number of hydrogen-bond acceptors (Lipinski definition) is 6. The zero-order valence-electron chi connectivity index (χ0n) is 17.9. The van der Waals surface area contributed by atoms with Crippen molar-refractivity contribution in [3.8, 4) is 0 Å². The summed E-state index contributed by atoms with van der Waals surface area (Å²) in [6.45, 7) is 1.82. The first-order valence-electron chi connectivity index (χ1n) is 9.85. The molecule has 8 nitrogen and oxygen atoms in total. The Kier molecular flexibility index (Phi) is 8.90. The van der Waals surface area contributed by atoms with E-state index in [9.17, 15) is 22.0 Å². The van der Waals surface area contributed by atoms with Gasteiger partial charge < -0.3 is 15.0 Å². The maximum Gasteiger partial charge on any atom is 0.410 e. The second-order valence-electron chi connectivity index (χ2n) is 7.56. The molecule has 1 saturated heterocycles. The Morgan fingerprint density at radius 2 is 1.84 bits per heavy atom. The van der Waals surface area contributed by atoms with Crippen LogP contribution in [0, 0.1) is 12.8 Å². The summed E-state index contributed by atoms with van der Waals surface area (Å²) in [5.74, 6) is -3.81. The molecule has 2 aromatic rings. The average Bonchev–Trinajstić information content (AvgIpc) is 2.71. The number of anilines is 1. The number of benzene rings is 1. The molecule has 2 heterocycles. The second-order valence-corrected chi connectivity index (χ2v) is 9.02. The Hall–Kier alpha value is -2.79. The fraction of sp³-hybridized carbons (Fsp3) is 0.429. The Bertz CT molecular complexity index is 965. The van der Waals surface area contributed by atoms with Crippen molar-refractivity contribution in [1.29, 1.82) is 0 Å². The molecule has 0 saturated carbocycles. The van der Waals surface area contributed by atoms with Crippen LogP contribution in [-0.2, 0) is 21.5 Å². The first kappa shape index (κ1) is 25.5. The summed E-state index contributed by atoms with van der Waals surface area (Å²) in [5.41, 5.74) is 2.69.